The van der Waals surface area contributed by atoms with Crippen molar-refractivity contribution in [2.24, 2.45) is 11.8 Å². The van der Waals surface area contributed by atoms with Crippen molar-refractivity contribution in [2.75, 3.05) is 13.1 Å². The van der Waals surface area contributed by atoms with E-state index in [0.29, 0.717) is 42.0 Å². The fraction of sp³-hybridized carbons (Fsp3) is 0.296. The van der Waals surface area contributed by atoms with Crippen LogP contribution in [0, 0.1) is 25.7 Å². The Morgan fingerprint density at radius 2 is 2.06 bits per heavy atom. The molecule has 35 heavy (non-hydrogen) atoms. The minimum absolute atomic E-state index is 0.0682. The first-order valence-corrected chi connectivity index (χ1v) is 12.6. The summed E-state index contributed by atoms with van der Waals surface area (Å²) in [5, 5.41) is 4.48. The summed E-state index contributed by atoms with van der Waals surface area (Å²) in [6.45, 7) is 5.01. The number of hydrogen-bond donors (Lipinski definition) is 1. The van der Waals surface area contributed by atoms with E-state index in [2.05, 4.69) is 16.4 Å². The molecule has 1 N–H and O–H groups in total. The van der Waals surface area contributed by atoms with Gasteiger partial charge in [-0.3, -0.25) is 4.79 Å². The molecule has 2 aromatic heterocycles. The summed E-state index contributed by atoms with van der Waals surface area (Å²) < 4.78 is 10.9. The molecule has 8 heteroatoms. The zero-order valence-corrected chi connectivity index (χ0v) is 20.3. The van der Waals surface area contributed by atoms with Crippen molar-refractivity contribution >= 4 is 34.3 Å². The topological polar surface area (TPSA) is 84.7 Å². The number of hydrogen-bond acceptors (Lipinski definition) is 6. The standard InChI is InChI=1S/C27H25N3O4S/c1-15-5-3-6-17(11-15)25-24(29-16(2)35-25)26(31)30-14-18-12-20(18)21(30)13-28-27(32)34-23-8-4-7-22-19(23)9-10-33-22/h3-11,18,20-21H,12-14H2,1-2H3,(H,28,32)/t18-,20-,21-/m1/s1. The van der Waals surface area contributed by atoms with Crippen molar-refractivity contribution < 1.29 is 18.7 Å². The number of ether oxygens (including phenoxy) is 1. The van der Waals surface area contributed by atoms with Crippen LogP contribution in [0.5, 0.6) is 5.75 Å². The van der Waals surface area contributed by atoms with Crippen LogP contribution in [0.3, 0.4) is 0 Å². The van der Waals surface area contributed by atoms with Crippen LogP contribution in [-0.2, 0) is 0 Å². The van der Waals surface area contributed by atoms with Crippen LogP contribution in [0.25, 0.3) is 21.4 Å². The van der Waals surface area contributed by atoms with E-state index >= 15 is 0 Å². The number of aromatic nitrogens is 1. The highest BCUT2D eigenvalue weighted by Gasteiger charge is 2.54. The molecular formula is C27H25N3O4S. The van der Waals surface area contributed by atoms with Gasteiger partial charge in [0.15, 0.2) is 0 Å². The van der Waals surface area contributed by atoms with Crippen molar-refractivity contribution in [2.45, 2.75) is 26.3 Å². The Hall–Kier alpha value is -3.65. The number of thiazole rings is 1. The summed E-state index contributed by atoms with van der Waals surface area (Å²) >= 11 is 1.54. The summed E-state index contributed by atoms with van der Waals surface area (Å²) in [6, 6.07) is 15.2. The maximum atomic E-state index is 13.7. The van der Waals surface area contributed by atoms with E-state index in [1.54, 1.807) is 35.8 Å². The molecule has 178 valence electrons. The van der Waals surface area contributed by atoms with Crippen molar-refractivity contribution in [3.8, 4) is 16.2 Å². The third-order valence-electron chi connectivity index (χ3n) is 6.89. The minimum Gasteiger partial charge on any atom is -0.464 e. The molecule has 3 heterocycles. The van der Waals surface area contributed by atoms with E-state index in [1.165, 1.54) is 0 Å². The Labute approximate surface area is 206 Å². The molecule has 1 saturated heterocycles. The number of likely N-dealkylation sites (tertiary alicyclic amines) is 1. The number of nitrogens with one attached hydrogen (secondary N) is 1. The lowest BCUT2D eigenvalue weighted by Gasteiger charge is -2.27. The van der Waals surface area contributed by atoms with Crippen molar-refractivity contribution in [3.05, 3.63) is 71.1 Å². The van der Waals surface area contributed by atoms with E-state index in [0.717, 1.165) is 32.8 Å². The number of nitrogens with zero attached hydrogens (tertiary/aromatic N) is 2. The first-order chi connectivity index (χ1) is 17.0. The van der Waals surface area contributed by atoms with Crippen molar-refractivity contribution in [3.63, 3.8) is 0 Å². The number of fused-ring (bicyclic) bond motifs is 2. The zero-order chi connectivity index (χ0) is 24.1. The average Bonchev–Trinajstić information content (AvgIpc) is 3.16. The number of carbonyl (C=O) groups is 2. The van der Waals surface area contributed by atoms with E-state index in [4.69, 9.17) is 9.15 Å². The van der Waals surface area contributed by atoms with Crippen molar-refractivity contribution in [1.82, 2.24) is 15.2 Å². The summed E-state index contributed by atoms with van der Waals surface area (Å²) in [7, 11) is 0. The van der Waals surface area contributed by atoms with Gasteiger partial charge < -0.3 is 19.4 Å². The van der Waals surface area contributed by atoms with Gasteiger partial charge in [-0.15, -0.1) is 11.3 Å². The molecule has 4 aromatic rings. The smallest absolute Gasteiger partial charge is 0.412 e. The van der Waals surface area contributed by atoms with Crippen LogP contribution in [0.2, 0.25) is 0 Å². The predicted molar refractivity (Wildman–Crippen MR) is 134 cm³/mol. The normalized spacial score (nSPS) is 20.6. The van der Waals surface area contributed by atoms with E-state index in [-0.39, 0.29) is 11.9 Å². The molecule has 0 spiro atoms. The summed E-state index contributed by atoms with van der Waals surface area (Å²) in [5.74, 6) is 1.27. The van der Waals surface area contributed by atoms with Crippen LogP contribution in [0.1, 0.15) is 27.5 Å². The number of aryl methyl sites for hydroxylation is 2. The van der Waals surface area contributed by atoms with Crippen LogP contribution >= 0.6 is 11.3 Å². The van der Waals surface area contributed by atoms with Crippen LogP contribution in [0.15, 0.2) is 59.2 Å². The van der Waals surface area contributed by atoms with Crippen LogP contribution in [0.4, 0.5) is 4.79 Å². The Morgan fingerprint density at radius 1 is 1.20 bits per heavy atom. The van der Waals surface area contributed by atoms with Gasteiger partial charge in [0.05, 0.1) is 27.6 Å². The van der Waals surface area contributed by atoms with Crippen LogP contribution < -0.4 is 10.1 Å². The molecule has 1 aliphatic heterocycles. The molecular weight excluding hydrogens is 462 g/mol. The van der Waals surface area contributed by atoms with E-state index in [9.17, 15) is 9.59 Å². The molecule has 0 radical (unpaired) electrons. The second-order valence-electron chi connectivity index (χ2n) is 9.32. The van der Waals surface area contributed by atoms with Gasteiger partial charge in [-0.05, 0) is 55.9 Å². The zero-order valence-electron chi connectivity index (χ0n) is 19.5. The van der Waals surface area contributed by atoms with Gasteiger partial charge in [0.2, 0.25) is 0 Å². The lowest BCUT2D eigenvalue weighted by molar-refractivity contribution is 0.0700. The SMILES string of the molecule is Cc1cccc(-c2sc(C)nc2C(=O)N2C[C@H]3C[C@H]3[C@H]2CNC(=O)Oc2cccc3occc23)c1. The fourth-order valence-corrected chi connectivity index (χ4v) is 6.04. The molecule has 3 atom stereocenters. The molecule has 7 nitrogen and oxygen atoms in total. The first-order valence-electron chi connectivity index (χ1n) is 11.8. The first kappa shape index (κ1) is 21.9. The molecule has 0 bridgehead atoms. The monoisotopic (exact) mass is 487 g/mol. The minimum atomic E-state index is -0.542. The number of rotatable bonds is 5. The Morgan fingerprint density at radius 3 is 2.91 bits per heavy atom. The van der Waals surface area contributed by atoms with E-state index in [1.807, 2.05) is 43.0 Å². The molecule has 6 rings (SSSR count). The lowest BCUT2D eigenvalue weighted by Crippen LogP contribution is -2.46. The summed E-state index contributed by atoms with van der Waals surface area (Å²) in [4.78, 5) is 33.7. The quantitative estimate of drug-likeness (QED) is 0.406. The third-order valence-corrected chi connectivity index (χ3v) is 7.91. The average molecular weight is 488 g/mol. The Balaban J connectivity index is 1.18. The second kappa shape index (κ2) is 8.53. The largest absolute Gasteiger partial charge is 0.464 e. The Kier molecular flexibility index (Phi) is 5.33. The molecule has 1 saturated carbocycles. The van der Waals surface area contributed by atoms with Gasteiger partial charge >= 0.3 is 6.09 Å². The summed E-state index contributed by atoms with van der Waals surface area (Å²) in [6.07, 6.45) is 2.11. The highest BCUT2D eigenvalue weighted by atomic mass is 32.1. The molecule has 2 aliphatic rings. The highest BCUT2D eigenvalue weighted by molar-refractivity contribution is 7.15. The molecule has 2 amide bonds. The number of benzene rings is 2. The van der Waals surface area contributed by atoms with Gasteiger partial charge in [0, 0.05) is 13.1 Å². The molecule has 1 aliphatic carbocycles. The molecule has 2 aromatic carbocycles. The van der Waals surface area contributed by atoms with Gasteiger partial charge in [-0.1, -0.05) is 35.9 Å². The van der Waals surface area contributed by atoms with Crippen LogP contribution in [-0.4, -0.2) is 41.0 Å². The molecule has 0 unspecified atom stereocenters. The maximum absolute atomic E-state index is 13.7. The summed E-state index contributed by atoms with van der Waals surface area (Å²) in [5.41, 5.74) is 3.31. The van der Waals surface area contributed by atoms with Crippen molar-refractivity contribution in [1.29, 1.82) is 0 Å². The third kappa shape index (κ3) is 4.08. The lowest BCUT2D eigenvalue weighted by atomic mass is 10.1. The van der Waals surface area contributed by atoms with E-state index < -0.39 is 6.09 Å². The number of amides is 2. The number of furan rings is 1. The molecule has 2 fully saturated rings. The van der Waals surface area contributed by atoms with Gasteiger partial charge in [0.25, 0.3) is 5.91 Å². The Bertz CT molecular complexity index is 1440. The van der Waals surface area contributed by atoms with Gasteiger partial charge in [-0.25, -0.2) is 9.78 Å². The number of piperidine rings is 1. The number of carbonyl (C=O) groups excluding carboxylic acids is 2. The second-order valence-corrected chi connectivity index (χ2v) is 10.5. The van der Waals surface area contributed by atoms with Gasteiger partial charge in [-0.2, -0.15) is 0 Å². The fourth-order valence-electron chi connectivity index (χ4n) is 5.14. The van der Waals surface area contributed by atoms with Gasteiger partial charge in [0.1, 0.15) is 17.0 Å². The predicted octanol–water partition coefficient (Wildman–Crippen LogP) is 5.42. The highest BCUT2D eigenvalue weighted by Crippen LogP contribution is 2.50. The maximum Gasteiger partial charge on any atom is 0.412 e.